The van der Waals surface area contributed by atoms with E-state index < -0.39 is 11.6 Å². The maximum absolute atomic E-state index is 12.7. The molecular weight excluding hydrogens is 418 g/mol. The molecule has 2 heterocycles. The van der Waals surface area contributed by atoms with Gasteiger partial charge in [-0.3, -0.25) is 4.79 Å². The van der Waals surface area contributed by atoms with E-state index in [9.17, 15) is 9.59 Å². The van der Waals surface area contributed by atoms with Gasteiger partial charge in [-0.25, -0.2) is 18.9 Å². The average Bonchev–Trinajstić information content (AvgIpc) is 3.11. The fourth-order valence-corrected chi connectivity index (χ4v) is 3.79. The third-order valence-electron chi connectivity index (χ3n) is 4.40. The van der Waals surface area contributed by atoms with Crippen molar-refractivity contribution in [1.82, 2.24) is 19.2 Å². The Morgan fingerprint density at radius 3 is 2.68 bits per heavy atom. The van der Waals surface area contributed by atoms with Crippen LogP contribution in [0.25, 0.3) is 5.65 Å². The topological polar surface area (TPSA) is 99.7 Å². The standard InChI is InChI=1S/C21H19N5O4S/c1-29-14-8-9-16(17(12-14)30-2)23-18(27)13-26-21(28)25-11-10-22-20(19(25)24-26)31-15-6-4-3-5-7-15/h3-12H,13H2,1-2H3,(H,23,27). The molecule has 0 aliphatic heterocycles. The highest BCUT2D eigenvalue weighted by Gasteiger charge is 2.16. The molecule has 0 bridgehead atoms. The summed E-state index contributed by atoms with van der Waals surface area (Å²) in [6.07, 6.45) is 3.06. The van der Waals surface area contributed by atoms with E-state index in [0.29, 0.717) is 27.9 Å². The lowest BCUT2D eigenvalue weighted by Gasteiger charge is -2.11. The predicted molar refractivity (Wildman–Crippen MR) is 116 cm³/mol. The summed E-state index contributed by atoms with van der Waals surface area (Å²) in [5.41, 5.74) is 0.424. The third kappa shape index (κ3) is 4.38. The molecule has 2 aromatic carbocycles. The first kappa shape index (κ1) is 20.5. The fraction of sp³-hybridized carbons (Fsp3) is 0.143. The van der Waals surface area contributed by atoms with Gasteiger partial charge in [0.25, 0.3) is 0 Å². The van der Waals surface area contributed by atoms with Gasteiger partial charge in [-0.05, 0) is 24.3 Å². The zero-order chi connectivity index (χ0) is 21.8. The van der Waals surface area contributed by atoms with Crippen LogP contribution in [0.1, 0.15) is 0 Å². The monoisotopic (exact) mass is 437 g/mol. The van der Waals surface area contributed by atoms with Crippen molar-refractivity contribution >= 4 is 29.0 Å². The van der Waals surface area contributed by atoms with E-state index in [1.54, 1.807) is 25.3 Å². The third-order valence-corrected chi connectivity index (χ3v) is 5.39. The second-order valence-electron chi connectivity index (χ2n) is 6.40. The highest BCUT2D eigenvalue weighted by atomic mass is 32.2. The van der Waals surface area contributed by atoms with Crippen LogP contribution < -0.4 is 20.5 Å². The van der Waals surface area contributed by atoms with Crippen molar-refractivity contribution in [3.05, 3.63) is 71.4 Å². The predicted octanol–water partition coefficient (Wildman–Crippen LogP) is 2.70. The second-order valence-corrected chi connectivity index (χ2v) is 7.46. The molecule has 4 rings (SSSR count). The quantitative estimate of drug-likeness (QED) is 0.474. The molecule has 31 heavy (non-hydrogen) atoms. The number of nitrogens with zero attached hydrogens (tertiary/aromatic N) is 4. The average molecular weight is 437 g/mol. The van der Waals surface area contributed by atoms with Crippen LogP contribution in [0.15, 0.2) is 75.6 Å². The van der Waals surface area contributed by atoms with Gasteiger partial charge in [-0.1, -0.05) is 30.0 Å². The zero-order valence-electron chi connectivity index (χ0n) is 16.8. The van der Waals surface area contributed by atoms with Gasteiger partial charge >= 0.3 is 5.69 Å². The van der Waals surface area contributed by atoms with E-state index >= 15 is 0 Å². The molecule has 9 nitrogen and oxygen atoms in total. The molecule has 0 atom stereocenters. The number of nitrogens with one attached hydrogen (secondary N) is 1. The molecule has 0 saturated heterocycles. The lowest BCUT2D eigenvalue weighted by Crippen LogP contribution is -2.28. The van der Waals surface area contributed by atoms with Crippen molar-refractivity contribution in [2.45, 2.75) is 16.5 Å². The number of carbonyl (C=O) groups is 1. The number of benzene rings is 2. The van der Waals surface area contributed by atoms with E-state index in [1.165, 1.54) is 35.7 Å². The first-order chi connectivity index (χ1) is 15.1. The van der Waals surface area contributed by atoms with Crippen LogP contribution in [0.2, 0.25) is 0 Å². The van der Waals surface area contributed by atoms with Gasteiger partial charge in [-0.15, -0.1) is 5.10 Å². The van der Waals surface area contributed by atoms with Crippen molar-refractivity contribution < 1.29 is 14.3 Å². The number of ether oxygens (including phenoxy) is 2. The Balaban J connectivity index is 1.58. The molecule has 0 saturated carbocycles. The number of amides is 1. The SMILES string of the molecule is COc1ccc(NC(=O)Cn2nc3c(Sc4ccccc4)nccn3c2=O)c(OC)c1. The number of hydrogen-bond acceptors (Lipinski definition) is 7. The molecular formula is C21H19N5O4S. The zero-order valence-corrected chi connectivity index (χ0v) is 17.6. The minimum absolute atomic E-state index is 0.259. The van der Waals surface area contributed by atoms with Crippen LogP contribution in [-0.4, -0.2) is 39.3 Å². The summed E-state index contributed by atoms with van der Waals surface area (Å²) < 4.78 is 12.9. The number of carbonyl (C=O) groups excluding carboxylic acids is 1. The number of anilines is 1. The molecule has 0 fully saturated rings. The molecule has 1 N–H and O–H groups in total. The Hall–Kier alpha value is -3.79. The summed E-state index contributed by atoms with van der Waals surface area (Å²) in [5.74, 6) is 0.627. The van der Waals surface area contributed by atoms with E-state index in [1.807, 2.05) is 30.3 Å². The van der Waals surface area contributed by atoms with Crippen molar-refractivity contribution in [1.29, 1.82) is 0 Å². The maximum Gasteiger partial charge on any atom is 0.350 e. The molecule has 0 aliphatic rings. The van der Waals surface area contributed by atoms with Gasteiger partial charge < -0.3 is 14.8 Å². The molecule has 0 unspecified atom stereocenters. The van der Waals surface area contributed by atoms with E-state index in [-0.39, 0.29) is 6.54 Å². The number of methoxy groups -OCH3 is 2. The normalized spacial score (nSPS) is 10.8. The molecule has 0 radical (unpaired) electrons. The Bertz CT molecular complexity index is 1290. The molecule has 4 aromatic rings. The van der Waals surface area contributed by atoms with Crippen molar-refractivity contribution in [2.75, 3.05) is 19.5 Å². The summed E-state index contributed by atoms with van der Waals surface area (Å²) in [5, 5.41) is 7.64. The van der Waals surface area contributed by atoms with Crippen molar-refractivity contribution in [2.24, 2.45) is 0 Å². The second kappa shape index (κ2) is 8.92. The van der Waals surface area contributed by atoms with E-state index in [2.05, 4.69) is 15.4 Å². The van der Waals surface area contributed by atoms with Crippen LogP contribution in [0.3, 0.4) is 0 Å². The number of fused-ring (bicyclic) bond motifs is 1. The van der Waals surface area contributed by atoms with Crippen molar-refractivity contribution in [3.63, 3.8) is 0 Å². The minimum Gasteiger partial charge on any atom is -0.497 e. The smallest absolute Gasteiger partial charge is 0.350 e. The van der Waals surface area contributed by atoms with Crippen LogP contribution in [0.4, 0.5) is 5.69 Å². The van der Waals surface area contributed by atoms with E-state index in [4.69, 9.17) is 9.47 Å². The fourth-order valence-electron chi connectivity index (χ4n) is 2.93. The van der Waals surface area contributed by atoms with Crippen LogP contribution >= 0.6 is 11.8 Å². The van der Waals surface area contributed by atoms with Gasteiger partial charge in [0.2, 0.25) is 5.91 Å². The summed E-state index contributed by atoms with van der Waals surface area (Å²) in [6.45, 7) is -0.259. The van der Waals surface area contributed by atoms with Gasteiger partial charge in [0.05, 0.1) is 19.9 Å². The molecule has 158 valence electrons. The maximum atomic E-state index is 12.7. The van der Waals surface area contributed by atoms with Crippen LogP contribution in [-0.2, 0) is 11.3 Å². The van der Waals surface area contributed by atoms with Gasteiger partial charge in [-0.2, -0.15) is 0 Å². The molecule has 2 aromatic heterocycles. The molecule has 0 aliphatic carbocycles. The molecule has 0 spiro atoms. The summed E-state index contributed by atoms with van der Waals surface area (Å²) in [7, 11) is 3.04. The molecule has 10 heteroatoms. The highest BCUT2D eigenvalue weighted by molar-refractivity contribution is 7.99. The Morgan fingerprint density at radius 1 is 1.13 bits per heavy atom. The van der Waals surface area contributed by atoms with Crippen LogP contribution in [0, 0.1) is 0 Å². The van der Waals surface area contributed by atoms with Gasteiger partial charge in [0.15, 0.2) is 5.65 Å². The van der Waals surface area contributed by atoms with E-state index in [0.717, 1.165) is 9.58 Å². The highest BCUT2D eigenvalue weighted by Crippen LogP contribution is 2.29. The number of rotatable bonds is 7. The number of hydrogen-bond donors (Lipinski definition) is 1. The Labute approximate surface area is 181 Å². The first-order valence-corrected chi connectivity index (χ1v) is 10.1. The summed E-state index contributed by atoms with van der Waals surface area (Å²) in [6, 6.07) is 14.7. The molecule has 1 amide bonds. The largest absolute Gasteiger partial charge is 0.497 e. The van der Waals surface area contributed by atoms with Gasteiger partial charge in [0.1, 0.15) is 23.1 Å². The van der Waals surface area contributed by atoms with Crippen LogP contribution in [0.5, 0.6) is 11.5 Å². The van der Waals surface area contributed by atoms with Gasteiger partial charge in [0, 0.05) is 23.4 Å². The van der Waals surface area contributed by atoms with Crippen molar-refractivity contribution in [3.8, 4) is 11.5 Å². The minimum atomic E-state index is -0.427. The number of aromatic nitrogens is 4. The summed E-state index contributed by atoms with van der Waals surface area (Å²) in [4.78, 5) is 30.6. The summed E-state index contributed by atoms with van der Waals surface area (Å²) >= 11 is 1.39. The first-order valence-electron chi connectivity index (χ1n) is 9.28. The Kier molecular flexibility index (Phi) is 5.89. The Morgan fingerprint density at radius 2 is 1.94 bits per heavy atom. The lowest BCUT2D eigenvalue weighted by atomic mass is 10.2. The lowest BCUT2D eigenvalue weighted by molar-refractivity contribution is -0.117.